The van der Waals surface area contributed by atoms with Gasteiger partial charge in [-0.3, -0.25) is 4.79 Å². The van der Waals surface area contributed by atoms with Crippen molar-refractivity contribution in [1.82, 2.24) is 9.80 Å². The van der Waals surface area contributed by atoms with Gasteiger partial charge in [-0.1, -0.05) is 0 Å². The predicted octanol–water partition coefficient (Wildman–Crippen LogP) is 1.38. The van der Waals surface area contributed by atoms with Gasteiger partial charge in [0.25, 0.3) is 0 Å². The van der Waals surface area contributed by atoms with Gasteiger partial charge in [-0.2, -0.15) is 12.6 Å². The molecule has 0 aromatic heterocycles. The fourth-order valence-electron chi connectivity index (χ4n) is 1.67. The number of likely N-dealkylation sites (tertiary alicyclic amines) is 1. The SMILES string of the molecule is CN(CCN1CC(S)CC1=O)C(=O)OC(C)(C)C. The first-order valence-corrected chi connectivity index (χ1v) is 6.60. The standard InChI is InChI=1S/C12H22N2O3S/c1-12(2,3)17-11(16)13(4)5-6-14-8-9(18)7-10(14)15/h9,18H,5-8H2,1-4H3. The highest BCUT2D eigenvalue weighted by Crippen LogP contribution is 2.15. The first kappa shape index (κ1) is 15.1. The van der Waals surface area contributed by atoms with Crippen molar-refractivity contribution in [3.05, 3.63) is 0 Å². The highest BCUT2D eigenvalue weighted by atomic mass is 32.1. The Bertz CT molecular complexity index is 328. The third-order valence-corrected chi connectivity index (χ3v) is 2.95. The lowest BCUT2D eigenvalue weighted by molar-refractivity contribution is -0.127. The maximum absolute atomic E-state index is 11.7. The van der Waals surface area contributed by atoms with Gasteiger partial charge < -0.3 is 14.5 Å². The molecule has 0 N–H and O–H groups in total. The number of rotatable bonds is 3. The lowest BCUT2D eigenvalue weighted by Crippen LogP contribution is -2.39. The highest BCUT2D eigenvalue weighted by molar-refractivity contribution is 7.81. The Labute approximate surface area is 114 Å². The number of ether oxygens (including phenoxy) is 1. The van der Waals surface area contributed by atoms with Crippen molar-refractivity contribution < 1.29 is 14.3 Å². The zero-order valence-electron chi connectivity index (χ0n) is 11.5. The normalized spacial score (nSPS) is 20.2. The average molecular weight is 274 g/mol. The Morgan fingerprint density at radius 1 is 1.56 bits per heavy atom. The second-order valence-electron chi connectivity index (χ2n) is 5.60. The fraction of sp³-hybridized carbons (Fsp3) is 0.833. The molecule has 1 aliphatic rings. The van der Waals surface area contributed by atoms with E-state index >= 15 is 0 Å². The molecule has 1 saturated heterocycles. The number of hydrogen-bond donors (Lipinski definition) is 1. The molecule has 0 saturated carbocycles. The quantitative estimate of drug-likeness (QED) is 0.791. The summed E-state index contributed by atoms with van der Waals surface area (Å²) in [6, 6.07) is 0. The molecule has 0 spiro atoms. The van der Waals surface area contributed by atoms with E-state index in [1.807, 2.05) is 20.8 Å². The van der Waals surface area contributed by atoms with Crippen LogP contribution in [0, 0.1) is 0 Å². The molecule has 104 valence electrons. The van der Waals surface area contributed by atoms with Crippen molar-refractivity contribution in [3.63, 3.8) is 0 Å². The van der Waals surface area contributed by atoms with Crippen LogP contribution in [-0.4, -0.2) is 59.3 Å². The Kier molecular flexibility index (Phi) is 4.90. The summed E-state index contributed by atoms with van der Waals surface area (Å²) < 4.78 is 5.23. The largest absolute Gasteiger partial charge is 0.444 e. The van der Waals surface area contributed by atoms with E-state index in [2.05, 4.69) is 12.6 Å². The third kappa shape index (κ3) is 4.76. The Balaban J connectivity index is 2.35. The molecule has 2 amide bonds. The summed E-state index contributed by atoms with van der Waals surface area (Å²) >= 11 is 4.28. The summed E-state index contributed by atoms with van der Waals surface area (Å²) in [7, 11) is 1.67. The average Bonchev–Trinajstić information content (AvgIpc) is 2.51. The molecule has 1 rings (SSSR count). The fourth-order valence-corrected chi connectivity index (χ4v) is 2.02. The van der Waals surface area contributed by atoms with E-state index in [0.29, 0.717) is 26.1 Å². The summed E-state index contributed by atoms with van der Waals surface area (Å²) in [5, 5.41) is 0.115. The van der Waals surface area contributed by atoms with Gasteiger partial charge in [0.2, 0.25) is 5.91 Å². The van der Waals surface area contributed by atoms with E-state index in [0.717, 1.165) is 0 Å². The predicted molar refractivity (Wildman–Crippen MR) is 72.8 cm³/mol. The van der Waals surface area contributed by atoms with E-state index in [1.165, 1.54) is 4.90 Å². The molecular formula is C12H22N2O3S. The van der Waals surface area contributed by atoms with Gasteiger partial charge in [-0.15, -0.1) is 0 Å². The van der Waals surface area contributed by atoms with E-state index in [9.17, 15) is 9.59 Å². The number of carbonyl (C=O) groups excluding carboxylic acids is 2. The highest BCUT2D eigenvalue weighted by Gasteiger charge is 2.27. The molecule has 1 atom stereocenters. The molecule has 1 aliphatic heterocycles. The first-order chi connectivity index (χ1) is 8.19. The molecule has 5 nitrogen and oxygen atoms in total. The summed E-state index contributed by atoms with van der Waals surface area (Å²) in [6.07, 6.45) is 0.121. The molecule has 1 heterocycles. The minimum atomic E-state index is -0.495. The zero-order chi connectivity index (χ0) is 13.9. The van der Waals surface area contributed by atoms with E-state index < -0.39 is 5.60 Å². The van der Waals surface area contributed by atoms with Crippen molar-refractivity contribution in [2.75, 3.05) is 26.7 Å². The molecule has 0 aromatic rings. The number of thiol groups is 1. The van der Waals surface area contributed by atoms with Crippen molar-refractivity contribution in [2.24, 2.45) is 0 Å². The monoisotopic (exact) mass is 274 g/mol. The molecule has 0 bridgehead atoms. The Morgan fingerprint density at radius 2 is 2.17 bits per heavy atom. The number of hydrogen-bond acceptors (Lipinski definition) is 4. The number of carbonyl (C=O) groups is 2. The van der Waals surface area contributed by atoms with E-state index in [-0.39, 0.29) is 17.3 Å². The molecule has 0 aromatic carbocycles. The maximum Gasteiger partial charge on any atom is 0.410 e. The van der Waals surface area contributed by atoms with E-state index in [4.69, 9.17) is 4.74 Å². The molecule has 0 radical (unpaired) electrons. The Morgan fingerprint density at radius 3 is 2.61 bits per heavy atom. The van der Waals surface area contributed by atoms with E-state index in [1.54, 1.807) is 11.9 Å². The minimum Gasteiger partial charge on any atom is -0.444 e. The number of nitrogens with zero attached hydrogens (tertiary/aromatic N) is 2. The summed E-state index contributed by atoms with van der Waals surface area (Å²) in [5.41, 5.74) is -0.495. The second-order valence-corrected chi connectivity index (χ2v) is 6.33. The van der Waals surface area contributed by atoms with Crippen molar-refractivity contribution in [2.45, 2.75) is 38.0 Å². The lowest BCUT2D eigenvalue weighted by Gasteiger charge is -2.26. The summed E-state index contributed by atoms with van der Waals surface area (Å²) in [4.78, 5) is 26.5. The first-order valence-electron chi connectivity index (χ1n) is 6.09. The van der Waals surface area contributed by atoms with Crippen LogP contribution >= 0.6 is 12.6 Å². The van der Waals surface area contributed by atoms with Crippen molar-refractivity contribution >= 4 is 24.6 Å². The van der Waals surface area contributed by atoms with Gasteiger partial charge >= 0.3 is 6.09 Å². The van der Waals surface area contributed by atoms with Gasteiger partial charge in [0.15, 0.2) is 0 Å². The minimum absolute atomic E-state index is 0.104. The van der Waals surface area contributed by atoms with Crippen LogP contribution in [0.25, 0.3) is 0 Å². The maximum atomic E-state index is 11.7. The molecular weight excluding hydrogens is 252 g/mol. The molecule has 6 heteroatoms. The summed E-state index contributed by atoms with van der Waals surface area (Å²) in [6.45, 7) is 7.15. The molecule has 1 unspecified atom stereocenters. The van der Waals surface area contributed by atoms with Crippen LogP contribution in [0.4, 0.5) is 4.79 Å². The molecule has 1 fully saturated rings. The topological polar surface area (TPSA) is 49.9 Å². The van der Waals surface area contributed by atoms with Gasteiger partial charge in [-0.05, 0) is 20.8 Å². The summed E-state index contributed by atoms with van der Waals surface area (Å²) in [5.74, 6) is 0.104. The number of amides is 2. The molecule has 18 heavy (non-hydrogen) atoms. The van der Waals surface area contributed by atoms with Crippen LogP contribution in [0.1, 0.15) is 27.2 Å². The smallest absolute Gasteiger partial charge is 0.410 e. The number of likely N-dealkylation sites (N-methyl/N-ethyl adjacent to an activating group) is 1. The van der Waals surface area contributed by atoms with Crippen LogP contribution in [0.5, 0.6) is 0 Å². The Hall–Kier alpha value is -0.910. The van der Waals surface area contributed by atoms with Crippen LogP contribution < -0.4 is 0 Å². The van der Waals surface area contributed by atoms with Crippen molar-refractivity contribution in [3.8, 4) is 0 Å². The van der Waals surface area contributed by atoms with Crippen LogP contribution in [0.2, 0.25) is 0 Å². The van der Waals surface area contributed by atoms with Gasteiger partial charge in [0.05, 0.1) is 0 Å². The van der Waals surface area contributed by atoms with Gasteiger partial charge in [0, 0.05) is 38.4 Å². The van der Waals surface area contributed by atoms with Crippen molar-refractivity contribution in [1.29, 1.82) is 0 Å². The van der Waals surface area contributed by atoms with Crippen LogP contribution in [0.3, 0.4) is 0 Å². The molecule has 0 aliphatic carbocycles. The van der Waals surface area contributed by atoms with Gasteiger partial charge in [0.1, 0.15) is 5.60 Å². The van der Waals surface area contributed by atoms with Crippen LogP contribution in [-0.2, 0) is 9.53 Å². The van der Waals surface area contributed by atoms with Gasteiger partial charge in [-0.25, -0.2) is 4.79 Å². The zero-order valence-corrected chi connectivity index (χ0v) is 12.4. The lowest BCUT2D eigenvalue weighted by atomic mass is 10.2. The second kappa shape index (κ2) is 5.82. The third-order valence-electron chi connectivity index (χ3n) is 2.60. The van der Waals surface area contributed by atoms with Crippen LogP contribution in [0.15, 0.2) is 0 Å².